The third kappa shape index (κ3) is 3.29. The summed E-state index contributed by atoms with van der Waals surface area (Å²) >= 11 is 0. The Labute approximate surface area is 99.5 Å². The fourth-order valence-electron chi connectivity index (χ4n) is 1.23. The van der Waals surface area contributed by atoms with Crippen LogP contribution in [0.3, 0.4) is 0 Å². The number of nitriles is 1. The van der Waals surface area contributed by atoms with Gasteiger partial charge in [0.05, 0.1) is 10.5 Å². The molecular formula is C11H11NO4S. The molecule has 0 unspecified atom stereocenters. The number of rotatable bonds is 3. The second kappa shape index (κ2) is 4.97. The van der Waals surface area contributed by atoms with E-state index in [4.69, 9.17) is 5.26 Å². The van der Waals surface area contributed by atoms with Crippen LogP contribution in [0.5, 0.6) is 0 Å². The second-order valence-electron chi connectivity index (χ2n) is 3.48. The molecule has 0 aliphatic carbocycles. The summed E-state index contributed by atoms with van der Waals surface area (Å²) in [4.78, 5) is 11.6. The molecule has 5 nitrogen and oxygen atoms in total. The molecule has 1 aromatic rings. The van der Waals surface area contributed by atoms with Crippen LogP contribution in [0, 0.1) is 18.3 Å². The maximum atomic E-state index is 11.5. The zero-order chi connectivity index (χ0) is 13.1. The zero-order valence-corrected chi connectivity index (χ0v) is 10.2. The molecule has 0 amide bonds. The van der Waals surface area contributed by atoms with E-state index in [1.807, 2.05) is 0 Å². The highest BCUT2D eigenvalue weighted by Crippen LogP contribution is 2.16. The summed E-state index contributed by atoms with van der Waals surface area (Å²) in [6, 6.07) is 5.88. The SMILES string of the molecule is Cc1ccc(S(C)(=O)=O)cc1C(=O)OCC#N. The first-order valence-corrected chi connectivity index (χ1v) is 6.60. The van der Waals surface area contributed by atoms with Gasteiger partial charge in [0.1, 0.15) is 6.07 Å². The van der Waals surface area contributed by atoms with Crippen molar-refractivity contribution in [2.45, 2.75) is 11.8 Å². The normalized spacial score (nSPS) is 10.6. The Kier molecular flexibility index (Phi) is 3.86. The van der Waals surface area contributed by atoms with E-state index >= 15 is 0 Å². The van der Waals surface area contributed by atoms with Crippen molar-refractivity contribution >= 4 is 15.8 Å². The molecule has 0 radical (unpaired) electrons. The lowest BCUT2D eigenvalue weighted by Gasteiger charge is -2.06. The highest BCUT2D eigenvalue weighted by molar-refractivity contribution is 7.90. The Balaban J connectivity index is 3.16. The molecule has 0 heterocycles. The average molecular weight is 253 g/mol. The van der Waals surface area contributed by atoms with Crippen molar-refractivity contribution in [1.29, 1.82) is 5.26 Å². The maximum Gasteiger partial charge on any atom is 0.339 e. The molecule has 1 aromatic carbocycles. The van der Waals surface area contributed by atoms with Crippen molar-refractivity contribution in [3.8, 4) is 6.07 Å². The Bertz CT molecular complexity index is 584. The Hall–Kier alpha value is -1.87. The third-order valence-electron chi connectivity index (χ3n) is 2.12. The second-order valence-corrected chi connectivity index (χ2v) is 5.50. The molecular weight excluding hydrogens is 242 g/mol. The number of esters is 1. The first-order valence-electron chi connectivity index (χ1n) is 4.71. The van der Waals surface area contributed by atoms with E-state index in [9.17, 15) is 13.2 Å². The summed E-state index contributed by atoms with van der Waals surface area (Å²) < 4.78 is 27.3. The van der Waals surface area contributed by atoms with Crippen LogP contribution < -0.4 is 0 Å². The van der Waals surface area contributed by atoms with E-state index in [0.717, 1.165) is 6.26 Å². The smallest absolute Gasteiger partial charge is 0.339 e. The minimum atomic E-state index is -3.37. The highest BCUT2D eigenvalue weighted by Gasteiger charge is 2.15. The van der Waals surface area contributed by atoms with E-state index < -0.39 is 15.8 Å². The van der Waals surface area contributed by atoms with Gasteiger partial charge in [0.15, 0.2) is 16.4 Å². The molecule has 90 valence electrons. The van der Waals surface area contributed by atoms with Gasteiger partial charge in [-0.2, -0.15) is 5.26 Å². The van der Waals surface area contributed by atoms with Crippen LogP contribution >= 0.6 is 0 Å². The largest absolute Gasteiger partial charge is 0.447 e. The molecule has 0 fully saturated rings. The Morgan fingerprint density at radius 1 is 1.47 bits per heavy atom. The fraction of sp³-hybridized carbons (Fsp3) is 0.273. The monoisotopic (exact) mass is 253 g/mol. The number of aryl methyl sites for hydroxylation is 1. The lowest BCUT2D eigenvalue weighted by atomic mass is 10.1. The predicted molar refractivity (Wildman–Crippen MR) is 60.2 cm³/mol. The number of carbonyl (C=O) groups excluding carboxylic acids is 1. The number of carbonyl (C=O) groups is 1. The lowest BCUT2D eigenvalue weighted by Crippen LogP contribution is -2.09. The van der Waals surface area contributed by atoms with Gasteiger partial charge in [-0.1, -0.05) is 6.07 Å². The summed E-state index contributed by atoms with van der Waals surface area (Å²) in [5.74, 6) is -0.699. The molecule has 0 aromatic heterocycles. The van der Waals surface area contributed by atoms with Crippen LogP contribution in [0.25, 0.3) is 0 Å². The number of benzene rings is 1. The molecule has 0 spiro atoms. The van der Waals surface area contributed by atoms with Crippen molar-refractivity contribution in [2.24, 2.45) is 0 Å². The molecule has 0 N–H and O–H groups in total. The van der Waals surface area contributed by atoms with Crippen LogP contribution in [0.4, 0.5) is 0 Å². The molecule has 0 atom stereocenters. The molecule has 0 aliphatic heterocycles. The minimum absolute atomic E-state index is 0.0482. The summed E-state index contributed by atoms with van der Waals surface area (Å²) in [5.41, 5.74) is 0.753. The van der Waals surface area contributed by atoms with Gasteiger partial charge < -0.3 is 4.74 Å². The van der Waals surface area contributed by atoms with Gasteiger partial charge in [-0.05, 0) is 24.6 Å². The highest BCUT2D eigenvalue weighted by atomic mass is 32.2. The van der Waals surface area contributed by atoms with E-state index in [0.29, 0.717) is 5.56 Å². The number of ether oxygens (including phenoxy) is 1. The Morgan fingerprint density at radius 3 is 2.65 bits per heavy atom. The maximum absolute atomic E-state index is 11.5. The third-order valence-corrected chi connectivity index (χ3v) is 3.24. The molecule has 0 saturated heterocycles. The topological polar surface area (TPSA) is 84.2 Å². The molecule has 0 saturated carbocycles. The quantitative estimate of drug-likeness (QED) is 0.752. The van der Waals surface area contributed by atoms with Gasteiger partial charge in [0.2, 0.25) is 0 Å². The van der Waals surface area contributed by atoms with Crippen LogP contribution in [0.1, 0.15) is 15.9 Å². The van der Waals surface area contributed by atoms with Crippen LogP contribution in [-0.4, -0.2) is 27.2 Å². The fourth-order valence-corrected chi connectivity index (χ4v) is 1.87. The van der Waals surface area contributed by atoms with E-state index in [1.165, 1.54) is 18.2 Å². The molecule has 1 rings (SSSR count). The summed E-state index contributed by atoms with van der Waals surface area (Å²) in [6.07, 6.45) is 1.06. The summed E-state index contributed by atoms with van der Waals surface area (Å²) in [6.45, 7) is 1.30. The van der Waals surface area contributed by atoms with Crippen molar-refractivity contribution in [3.05, 3.63) is 29.3 Å². The van der Waals surface area contributed by atoms with E-state index in [1.54, 1.807) is 13.0 Å². The van der Waals surface area contributed by atoms with Crippen molar-refractivity contribution < 1.29 is 17.9 Å². The lowest BCUT2D eigenvalue weighted by molar-refractivity contribution is 0.0554. The van der Waals surface area contributed by atoms with Crippen LogP contribution in [-0.2, 0) is 14.6 Å². The van der Waals surface area contributed by atoms with Gasteiger partial charge in [0, 0.05) is 6.26 Å². The summed E-state index contributed by atoms with van der Waals surface area (Å²) in [7, 11) is -3.37. The van der Waals surface area contributed by atoms with E-state index in [-0.39, 0.29) is 17.1 Å². The van der Waals surface area contributed by atoms with E-state index in [2.05, 4.69) is 4.74 Å². The van der Waals surface area contributed by atoms with Crippen molar-refractivity contribution in [1.82, 2.24) is 0 Å². The zero-order valence-electron chi connectivity index (χ0n) is 9.43. The van der Waals surface area contributed by atoms with Gasteiger partial charge in [-0.15, -0.1) is 0 Å². The first-order chi connectivity index (χ1) is 7.86. The molecule has 0 aliphatic rings. The Morgan fingerprint density at radius 2 is 2.12 bits per heavy atom. The minimum Gasteiger partial charge on any atom is -0.447 e. The number of nitrogens with zero attached hydrogens (tertiary/aromatic N) is 1. The number of hydrogen-bond donors (Lipinski definition) is 0. The standard InChI is InChI=1S/C11H11NO4S/c1-8-3-4-9(17(2,14)15)7-10(8)11(13)16-6-5-12/h3-4,7H,6H2,1-2H3. The van der Waals surface area contributed by atoms with Gasteiger partial charge in [-0.3, -0.25) is 0 Å². The number of sulfone groups is 1. The van der Waals surface area contributed by atoms with Crippen LogP contribution in [0.2, 0.25) is 0 Å². The molecule has 6 heteroatoms. The average Bonchev–Trinajstić information content (AvgIpc) is 2.24. The van der Waals surface area contributed by atoms with Crippen LogP contribution in [0.15, 0.2) is 23.1 Å². The molecule has 0 bridgehead atoms. The van der Waals surface area contributed by atoms with Gasteiger partial charge in [0.25, 0.3) is 0 Å². The predicted octanol–water partition coefficient (Wildman–Crippen LogP) is 1.08. The van der Waals surface area contributed by atoms with Crippen molar-refractivity contribution in [2.75, 3.05) is 12.9 Å². The first kappa shape index (κ1) is 13.2. The van der Waals surface area contributed by atoms with Crippen molar-refractivity contribution in [3.63, 3.8) is 0 Å². The van der Waals surface area contributed by atoms with Gasteiger partial charge >= 0.3 is 5.97 Å². The van der Waals surface area contributed by atoms with Gasteiger partial charge in [-0.25, -0.2) is 13.2 Å². The summed E-state index contributed by atoms with van der Waals surface area (Å²) in [5, 5.41) is 8.29. The number of hydrogen-bond acceptors (Lipinski definition) is 5. The molecule has 17 heavy (non-hydrogen) atoms.